The van der Waals surface area contributed by atoms with Gasteiger partial charge in [0.2, 0.25) is 0 Å². The number of benzene rings is 2. The molecule has 0 heterocycles. The molecule has 94 valence electrons. The quantitative estimate of drug-likeness (QED) is 0.619. The molecule has 0 unspecified atom stereocenters. The molecule has 2 nitrogen and oxygen atoms in total. The molecule has 0 atom stereocenters. The molecule has 0 radical (unpaired) electrons. The molecule has 0 amide bonds. The van der Waals surface area contributed by atoms with Crippen LogP contribution in [0.2, 0.25) is 0 Å². The van der Waals surface area contributed by atoms with Crippen LogP contribution in [0.5, 0.6) is 0 Å². The molecule has 0 spiro atoms. The van der Waals surface area contributed by atoms with Crippen LogP contribution in [0.1, 0.15) is 11.1 Å². The molecule has 0 saturated heterocycles. The summed E-state index contributed by atoms with van der Waals surface area (Å²) in [6, 6.07) is 12.3. The summed E-state index contributed by atoms with van der Waals surface area (Å²) in [5, 5.41) is 0. The molecule has 4 N–H and O–H groups in total. The van der Waals surface area contributed by atoms with Gasteiger partial charge in [0.1, 0.15) is 0 Å². The predicted octanol–water partition coefficient (Wildman–Crippen LogP) is 0.742. The van der Waals surface area contributed by atoms with Crippen LogP contribution in [0.15, 0.2) is 36.4 Å². The van der Waals surface area contributed by atoms with Crippen molar-refractivity contribution in [3.8, 4) is 0 Å². The van der Waals surface area contributed by atoms with E-state index in [0.29, 0.717) is 26.3 Å². The van der Waals surface area contributed by atoms with E-state index in [1.807, 2.05) is 24.3 Å². The van der Waals surface area contributed by atoms with Gasteiger partial charge in [0.15, 0.2) is 0 Å². The molecule has 0 aromatic heterocycles. The number of nitrogens with two attached hydrogens (primary N) is 2. The number of anilines is 2. The molecule has 0 fully saturated rings. The molecule has 0 aliphatic rings. The van der Waals surface area contributed by atoms with E-state index in [-0.39, 0.29) is 0 Å². The SMILES string of the molecule is Cc1cccc(N)c1[Se][Se]c1c(C)cccc1N. The summed E-state index contributed by atoms with van der Waals surface area (Å²) in [5.41, 5.74) is 16.5. The van der Waals surface area contributed by atoms with Crippen molar-refractivity contribution in [3.05, 3.63) is 47.5 Å². The molecule has 0 saturated carbocycles. The van der Waals surface area contributed by atoms with E-state index in [0.717, 1.165) is 11.4 Å². The monoisotopic (exact) mass is 372 g/mol. The van der Waals surface area contributed by atoms with Gasteiger partial charge >= 0.3 is 119 Å². The summed E-state index contributed by atoms with van der Waals surface area (Å²) in [4.78, 5) is 0. The third-order valence-corrected chi connectivity index (χ3v) is 10.4. The Morgan fingerprint density at radius 2 is 1.11 bits per heavy atom. The van der Waals surface area contributed by atoms with Crippen molar-refractivity contribution in [2.24, 2.45) is 0 Å². The van der Waals surface area contributed by atoms with Crippen LogP contribution in [0, 0.1) is 13.8 Å². The first-order valence-electron chi connectivity index (χ1n) is 5.64. The van der Waals surface area contributed by atoms with Crippen molar-refractivity contribution in [2.75, 3.05) is 11.5 Å². The Morgan fingerprint density at radius 1 is 0.722 bits per heavy atom. The molecular formula is C14H16N2Se2. The standard InChI is InChI=1S/C14H16N2Se2/c1-9-5-3-7-11(15)13(9)17-18-14-10(2)6-4-8-12(14)16/h3-8H,15-16H2,1-2H3. The van der Waals surface area contributed by atoms with Crippen LogP contribution < -0.4 is 20.4 Å². The van der Waals surface area contributed by atoms with E-state index in [2.05, 4.69) is 26.0 Å². The zero-order chi connectivity index (χ0) is 13.1. The van der Waals surface area contributed by atoms with Gasteiger partial charge in [-0.15, -0.1) is 0 Å². The van der Waals surface area contributed by atoms with Gasteiger partial charge in [-0.3, -0.25) is 0 Å². The second-order valence-corrected chi connectivity index (χ2v) is 10.2. The molecule has 4 heteroatoms. The first-order chi connectivity index (χ1) is 8.59. The average Bonchev–Trinajstić information content (AvgIpc) is 2.31. The van der Waals surface area contributed by atoms with E-state index < -0.39 is 0 Å². The summed E-state index contributed by atoms with van der Waals surface area (Å²) in [5.74, 6) is 0. The minimum absolute atomic E-state index is 0.392. The Kier molecular flexibility index (Phi) is 4.36. The molecule has 0 bridgehead atoms. The fourth-order valence-electron chi connectivity index (χ4n) is 1.66. The Labute approximate surface area is 119 Å². The topological polar surface area (TPSA) is 52.0 Å². The molecular weight excluding hydrogens is 354 g/mol. The third-order valence-electron chi connectivity index (χ3n) is 2.69. The maximum atomic E-state index is 6.06. The van der Waals surface area contributed by atoms with Crippen molar-refractivity contribution in [3.63, 3.8) is 0 Å². The molecule has 0 aliphatic carbocycles. The van der Waals surface area contributed by atoms with Crippen molar-refractivity contribution >= 4 is 46.6 Å². The van der Waals surface area contributed by atoms with Gasteiger partial charge in [0.05, 0.1) is 0 Å². The summed E-state index contributed by atoms with van der Waals surface area (Å²) >= 11 is 0.783. The zero-order valence-corrected chi connectivity index (χ0v) is 13.9. The zero-order valence-electron chi connectivity index (χ0n) is 10.4. The molecule has 0 aliphatic heterocycles. The van der Waals surface area contributed by atoms with Gasteiger partial charge in [-0.2, -0.15) is 0 Å². The normalized spacial score (nSPS) is 10.6. The fraction of sp³-hybridized carbons (Fsp3) is 0.143. The third kappa shape index (κ3) is 2.90. The number of nitrogen functional groups attached to an aromatic ring is 2. The van der Waals surface area contributed by atoms with Crippen molar-refractivity contribution in [2.45, 2.75) is 13.8 Å². The second-order valence-electron chi connectivity index (χ2n) is 4.15. The Hall–Kier alpha value is -0.921. The van der Waals surface area contributed by atoms with Gasteiger partial charge in [-0.05, 0) is 0 Å². The summed E-state index contributed by atoms with van der Waals surface area (Å²) in [6.07, 6.45) is 0. The van der Waals surface area contributed by atoms with Crippen molar-refractivity contribution in [1.29, 1.82) is 0 Å². The summed E-state index contributed by atoms with van der Waals surface area (Å²) in [6.45, 7) is 4.26. The predicted molar refractivity (Wildman–Crippen MR) is 82.0 cm³/mol. The van der Waals surface area contributed by atoms with Crippen molar-refractivity contribution < 1.29 is 0 Å². The fourth-order valence-corrected chi connectivity index (χ4v) is 10.3. The van der Waals surface area contributed by atoms with Crippen LogP contribution >= 0.6 is 0 Å². The van der Waals surface area contributed by atoms with E-state index in [1.54, 1.807) is 0 Å². The first kappa shape index (κ1) is 13.5. The number of aryl methyl sites for hydroxylation is 2. The number of hydrogen-bond acceptors (Lipinski definition) is 2. The number of hydrogen-bond donors (Lipinski definition) is 2. The molecule has 2 aromatic rings. The van der Waals surface area contributed by atoms with E-state index in [4.69, 9.17) is 11.5 Å². The first-order valence-corrected chi connectivity index (χ1v) is 11.7. The summed E-state index contributed by atoms with van der Waals surface area (Å²) < 4.78 is 2.65. The van der Waals surface area contributed by atoms with E-state index in [1.165, 1.54) is 20.1 Å². The van der Waals surface area contributed by atoms with Gasteiger partial charge < -0.3 is 0 Å². The Bertz CT molecular complexity index is 476. The molecule has 18 heavy (non-hydrogen) atoms. The minimum atomic E-state index is 0.392. The Balaban J connectivity index is 2.22. The number of rotatable bonds is 3. The van der Waals surface area contributed by atoms with E-state index >= 15 is 0 Å². The van der Waals surface area contributed by atoms with Crippen LogP contribution in [0.3, 0.4) is 0 Å². The Morgan fingerprint density at radius 3 is 1.44 bits per heavy atom. The van der Waals surface area contributed by atoms with Gasteiger partial charge in [-0.25, -0.2) is 0 Å². The second kappa shape index (κ2) is 5.81. The molecule has 2 aromatic carbocycles. The molecule has 2 rings (SSSR count). The van der Waals surface area contributed by atoms with Crippen LogP contribution in [0.25, 0.3) is 0 Å². The maximum absolute atomic E-state index is 6.06. The van der Waals surface area contributed by atoms with E-state index in [9.17, 15) is 0 Å². The average molecular weight is 370 g/mol. The van der Waals surface area contributed by atoms with Gasteiger partial charge in [0, 0.05) is 0 Å². The van der Waals surface area contributed by atoms with Gasteiger partial charge in [0.25, 0.3) is 0 Å². The van der Waals surface area contributed by atoms with Crippen LogP contribution in [-0.4, -0.2) is 26.3 Å². The van der Waals surface area contributed by atoms with Crippen LogP contribution in [0.4, 0.5) is 11.4 Å². The van der Waals surface area contributed by atoms with Gasteiger partial charge in [-0.1, -0.05) is 0 Å². The summed E-state index contributed by atoms with van der Waals surface area (Å²) in [7, 11) is 0. The van der Waals surface area contributed by atoms with Crippen LogP contribution in [-0.2, 0) is 0 Å². The van der Waals surface area contributed by atoms with Crippen molar-refractivity contribution in [1.82, 2.24) is 0 Å².